The molecule has 3 heterocycles. The second-order valence-corrected chi connectivity index (χ2v) is 8.46. The zero-order valence-electron chi connectivity index (χ0n) is 17.0. The fraction of sp³-hybridized carbons (Fsp3) is 0.455. The average molecular weight is 398 g/mol. The van der Waals surface area contributed by atoms with Gasteiger partial charge in [-0.05, 0) is 63.2 Å². The Balaban J connectivity index is 1.88. The summed E-state index contributed by atoms with van der Waals surface area (Å²) in [6.07, 6.45) is 2.77. The van der Waals surface area contributed by atoms with E-state index in [0.717, 1.165) is 70.8 Å². The smallest absolute Gasteiger partial charge is 0.263 e. The van der Waals surface area contributed by atoms with Crippen LogP contribution < -0.4 is 10.3 Å². The van der Waals surface area contributed by atoms with Crippen LogP contribution in [0.4, 0.5) is 0 Å². The normalized spacial score (nSPS) is 16.0. The third-order valence-corrected chi connectivity index (χ3v) is 6.66. The highest BCUT2D eigenvalue weighted by atomic mass is 32.1. The SMILES string of the molecule is CCc1nc2scc(-c3ccc(OC)c(C)c3)c2c(=O)n1C1CCN(C)CC1. The lowest BCUT2D eigenvalue weighted by Gasteiger charge is -2.31. The minimum Gasteiger partial charge on any atom is -0.496 e. The third-order valence-electron chi connectivity index (χ3n) is 5.79. The van der Waals surface area contributed by atoms with Crippen molar-refractivity contribution in [1.82, 2.24) is 14.5 Å². The lowest BCUT2D eigenvalue weighted by Crippen LogP contribution is -2.37. The Morgan fingerprint density at radius 2 is 2.04 bits per heavy atom. The molecule has 2 aromatic heterocycles. The topological polar surface area (TPSA) is 47.4 Å². The van der Waals surface area contributed by atoms with Gasteiger partial charge in [-0.1, -0.05) is 13.0 Å². The van der Waals surface area contributed by atoms with Crippen molar-refractivity contribution in [3.63, 3.8) is 0 Å². The molecule has 0 aliphatic carbocycles. The van der Waals surface area contributed by atoms with Gasteiger partial charge >= 0.3 is 0 Å². The summed E-state index contributed by atoms with van der Waals surface area (Å²) in [6.45, 7) is 6.15. The molecule has 1 saturated heterocycles. The Morgan fingerprint density at radius 1 is 1.29 bits per heavy atom. The minimum atomic E-state index is 0.112. The number of fused-ring (bicyclic) bond motifs is 1. The molecule has 0 radical (unpaired) electrons. The van der Waals surface area contributed by atoms with Crippen LogP contribution in [-0.2, 0) is 6.42 Å². The van der Waals surface area contributed by atoms with E-state index in [1.54, 1.807) is 18.4 Å². The lowest BCUT2D eigenvalue weighted by molar-refractivity contribution is 0.216. The molecule has 4 rings (SSSR count). The Bertz CT molecular complexity index is 1060. The molecule has 28 heavy (non-hydrogen) atoms. The highest BCUT2D eigenvalue weighted by Crippen LogP contribution is 2.34. The van der Waals surface area contributed by atoms with Gasteiger partial charge in [0.15, 0.2) is 0 Å². The molecule has 3 aromatic rings. The van der Waals surface area contributed by atoms with E-state index in [-0.39, 0.29) is 11.6 Å². The van der Waals surface area contributed by atoms with Crippen molar-refractivity contribution in [3.8, 4) is 16.9 Å². The van der Waals surface area contributed by atoms with E-state index in [1.165, 1.54) is 0 Å². The second kappa shape index (κ2) is 7.68. The molecule has 1 aliphatic heterocycles. The highest BCUT2D eigenvalue weighted by Gasteiger charge is 2.24. The van der Waals surface area contributed by atoms with E-state index in [1.807, 2.05) is 23.6 Å². The Labute approximate surface area is 169 Å². The monoisotopic (exact) mass is 397 g/mol. The van der Waals surface area contributed by atoms with Gasteiger partial charge in [-0.2, -0.15) is 0 Å². The first kappa shape index (κ1) is 19.2. The molecule has 1 aliphatic rings. The number of rotatable bonds is 4. The first-order valence-electron chi connectivity index (χ1n) is 9.89. The molecular formula is C22H27N3O2S. The van der Waals surface area contributed by atoms with Crippen LogP contribution in [0.2, 0.25) is 0 Å². The number of hydrogen-bond donors (Lipinski definition) is 0. The number of methoxy groups -OCH3 is 1. The van der Waals surface area contributed by atoms with Gasteiger partial charge in [-0.3, -0.25) is 9.36 Å². The third kappa shape index (κ3) is 3.25. The fourth-order valence-corrected chi connectivity index (χ4v) is 5.14. The van der Waals surface area contributed by atoms with Crippen molar-refractivity contribution in [3.05, 3.63) is 45.3 Å². The molecule has 1 aromatic carbocycles. The number of hydrogen-bond acceptors (Lipinski definition) is 5. The summed E-state index contributed by atoms with van der Waals surface area (Å²) in [5, 5.41) is 2.82. The zero-order chi connectivity index (χ0) is 19.8. The van der Waals surface area contributed by atoms with Gasteiger partial charge in [0.1, 0.15) is 16.4 Å². The summed E-state index contributed by atoms with van der Waals surface area (Å²) in [4.78, 5) is 21.7. The summed E-state index contributed by atoms with van der Waals surface area (Å²) < 4.78 is 7.37. The summed E-state index contributed by atoms with van der Waals surface area (Å²) in [6, 6.07) is 6.33. The van der Waals surface area contributed by atoms with Crippen LogP contribution >= 0.6 is 11.3 Å². The molecule has 5 nitrogen and oxygen atoms in total. The Kier molecular flexibility index (Phi) is 5.25. The number of thiophene rings is 1. The van der Waals surface area contributed by atoms with Crippen LogP contribution in [0.5, 0.6) is 5.75 Å². The summed E-state index contributed by atoms with van der Waals surface area (Å²) in [5.41, 5.74) is 3.20. The number of piperidine rings is 1. The fourth-order valence-electron chi connectivity index (χ4n) is 4.18. The summed E-state index contributed by atoms with van der Waals surface area (Å²) in [5.74, 6) is 1.77. The van der Waals surface area contributed by atoms with Gasteiger partial charge in [0, 0.05) is 23.4 Å². The average Bonchev–Trinajstić information content (AvgIpc) is 3.13. The molecule has 0 N–H and O–H groups in total. The van der Waals surface area contributed by atoms with E-state index in [2.05, 4.69) is 30.3 Å². The standard InChI is InChI=1S/C22H27N3O2S/c1-5-19-23-21-20(22(26)25(19)16-8-10-24(3)11-9-16)17(13-28-21)15-6-7-18(27-4)14(2)12-15/h6-7,12-13,16H,5,8-11H2,1-4H3. The lowest BCUT2D eigenvalue weighted by atomic mass is 10.0. The first-order valence-corrected chi connectivity index (χ1v) is 10.8. The summed E-state index contributed by atoms with van der Waals surface area (Å²) >= 11 is 1.56. The number of nitrogens with zero attached hydrogens (tertiary/aromatic N) is 3. The number of benzene rings is 1. The highest BCUT2D eigenvalue weighted by molar-refractivity contribution is 7.17. The van der Waals surface area contributed by atoms with Crippen LogP contribution in [0.25, 0.3) is 21.3 Å². The number of aromatic nitrogens is 2. The maximum atomic E-state index is 13.6. The van der Waals surface area contributed by atoms with Gasteiger partial charge < -0.3 is 9.64 Å². The van der Waals surface area contributed by atoms with E-state index >= 15 is 0 Å². The maximum Gasteiger partial charge on any atom is 0.263 e. The quantitative estimate of drug-likeness (QED) is 0.660. The molecule has 1 fully saturated rings. The van der Waals surface area contributed by atoms with Crippen molar-refractivity contribution in [1.29, 1.82) is 0 Å². The molecule has 0 saturated carbocycles. The van der Waals surface area contributed by atoms with Gasteiger partial charge in [0.2, 0.25) is 0 Å². The maximum absolute atomic E-state index is 13.6. The van der Waals surface area contributed by atoms with E-state index < -0.39 is 0 Å². The second-order valence-electron chi connectivity index (χ2n) is 7.61. The Morgan fingerprint density at radius 3 is 2.68 bits per heavy atom. The molecular weight excluding hydrogens is 370 g/mol. The first-order chi connectivity index (χ1) is 13.5. The molecule has 0 atom stereocenters. The van der Waals surface area contributed by atoms with Crippen LogP contribution in [0, 0.1) is 6.92 Å². The van der Waals surface area contributed by atoms with Crippen molar-refractivity contribution < 1.29 is 4.74 Å². The van der Waals surface area contributed by atoms with Crippen LogP contribution in [-0.4, -0.2) is 41.7 Å². The van der Waals surface area contributed by atoms with E-state index in [4.69, 9.17) is 9.72 Å². The molecule has 6 heteroatoms. The molecule has 0 unspecified atom stereocenters. The van der Waals surface area contributed by atoms with Gasteiger partial charge in [-0.15, -0.1) is 11.3 Å². The van der Waals surface area contributed by atoms with Crippen molar-refractivity contribution in [2.24, 2.45) is 0 Å². The molecule has 148 valence electrons. The molecule has 0 amide bonds. The van der Waals surface area contributed by atoms with Crippen molar-refractivity contribution >= 4 is 21.6 Å². The van der Waals surface area contributed by atoms with E-state index in [0.29, 0.717) is 0 Å². The van der Waals surface area contributed by atoms with E-state index in [9.17, 15) is 4.79 Å². The number of aryl methyl sites for hydroxylation is 2. The molecule has 0 bridgehead atoms. The summed E-state index contributed by atoms with van der Waals surface area (Å²) in [7, 11) is 3.82. The van der Waals surface area contributed by atoms with Crippen molar-refractivity contribution in [2.75, 3.05) is 27.2 Å². The van der Waals surface area contributed by atoms with Gasteiger partial charge in [0.25, 0.3) is 5.56 Å². The number of ether oxygens (including phenoxy) is 1. The number of likely N-dealkylation sites (tertiary alicyclic amines) is 1. The Hall–Kier alpha value is -2.18. The van der Waals surface area contributed by atoms with Crippen LogP contribution in [0.3, 0.4) is 0 Å². The van der Waals surface area contributed by atoms with Gasteiger partial charge in [-0.25, -0.2) is 4.98 Å². The van der Waals surface area contributed by atoms with Crippen LogP contribution in [0.15, 0.2) is 28.4 Å². The largest absolute Gasteiger partial charge is 0.496 e. The van der Waals surface area contributed by atoms with Gasteiger partial charge in [0.05, 0.1) is 12.5 Å². The van der Waals surface area contributed by atoms with Crippen LogP contribution in [0.1, 0.15) is 37.2 Å². The minimum absolute atomic E-state index is 0.112. The molecule has 0 spiro atoms. The zero-order valence-corrected chi connectivity index (χ0v) is 17.8. The predicted octanol–water partition coefficient (Wildman–Crippen LogP) is 4.27. The predicted molar refractivity (Wildman–Crippen MR) is 116 cm³/mol. The van der Waals surface area contributed by atoms with Crippen molar-refractivity contribution in [2.45, 2.75) is 39.2 Å².